The normalized spacial score (nSPS) is 19.4. The highest BCUT2D eigenvalue weighted by Gasteiger charge is 2.30. The Bertz CT molecular complexity index is 610. The smallest absolute Gasteiger partial charge is 0.229 e. The van der Waals surface area contributed by atoms with Crippen molar-refractivity contribution in [1.29, 1.82) is 0 Å². The van der Waals surface area contributed by atoms with E-state index < -0.39 is 0 Å². The number of methoxy groups -OCH3 is 1. The molecule has 2 aromatic rings. The quantitative estimate of drug-likeness (QED) is 0.814. The molecule has 6 nitrogen and oxygen atoms in total. The summed E-state index contributed by atoms with van der Waals surface area (Å²) in [5, 5.41) is 7.31. The highest BCUT2D eigenvalue weighted by Crippen LogP contribution is 2.32. The Balaban J connectivity index is 1.69. The summed E-state index contributed by atoms with van der Waals surface area (Å²) in [7, 11) is 1.69. The van der Waals surface area contributed by atoms with Crippen LogP contribution in [0.15, 0.2) is 9.90 Å². The molecule has 2 aromatic heterocycles. The van der Waals surface area contributed by atoms with Gasteiger partial charge in [-0.25, -0.2) is 4.98 Å². The van der Waals surface area contributed by atoms with Gasteiger partial charge in [0.25, 0.3) is 0 Å². The van der Waals surface area contributed by atoms with E-state index in [1.54, 1.807) is 18.4 Å². The minimum absolute atomic E-state index is 0.240. The van der Waals surface area contributed by atoms with Gasteiger partial charge in [0.05, 0.1) is 18.3 Å². The van der Waals surface area contributed by atoms with Gasteiger partial charge in [0.15, 0.2) is 5.82 Å². The zero-order valence-corrected chi connectivity index (χ0v) is 14.1. The van der Waals surface area contributed by atoms with Crippen molar-refractivity contribution in [1.82, 2.24) is 20.0 Å². The maximum atomic E-state index is 5.36. The van der Waals surface area contributed by atoms with E-state index in [1.807, 2.05) is 0 Å². The van der Waals surface area contributed by atoms with Crippen LogP contribution in [0.2, 0.25) is 0 Å². The van der Waals surface area contributed by atoms with Crippen molar-refractivity contribution >= 4 is 11.3 Å². The summed E-state index contributed by atoms with van der Waals surface area (Å²) in [4.78, 5) is 11.6. The van der Waals surface area contributed by atoms with Gasteiger partial charge >= 0.3 is 0 Å². The molecule has 0 spiro atoms. The van der Waals surface area contributed by atoms with Gasteiger partial charge in [0, 0.05) is 25.0 Å². The number of aromatic nitrogens is 3. The van der Waals surface area contributed by atoms with Crippen molar-refractivity contribution in [3.05, 3.63) is 27.8 Å². The fourth-order valence-electron chi connectivity index (χ4n) is 2.74. The highest BCUT2D eigenvalue weighted by atomic mass is 32.1. The predicted octanol–water partition coefficient (Wildman–Crippen LogP) is 3.13. The standard InChI is InChI=1S/C15H22N4O2S/c1-10(2)15-17-14(18-21-15)12-5-4-6-19(12)7-11-9-22-13(16-11)8-20-3/h9-10,12H,4-8H2,1-3H3. The van der Waals surface area contributed by atoms with Crippen LogP contribution < -0.4 is 0 Å². The molecule has 0 aromatic carbocycles. The van der Waals surface area contributed by atoms with Crippen LogP contribution in [0, 0.1) is 0 Å². The second kappa shape index (κ2) is 6.85. The second-order valence-corrected chi connectivity index (χ2v) is 6.88. The molecule has 1 unspecified atom stereocenters. The van der Waals surface area contributed by atoms with E-state index in [0.29, 0.717) is 6.61 Å². The lowest BCUT2D eigenvalue weighted by Crippen LogP contribution is -2.23. The Morgan fingerprint density at radius 3 is 3.05 bits per heavy atom. The van der Waals surface area contributed by atoms with Crippen molar-refractivity contribution in [3.63, 3.8) is 0 Å². The van der Waals surface area contributed by atoms with Crippen LogP contribution in [0.1, 0.15) is 61.1 Å². The molecule has 0 aliphatic carbocycles. The molecule has 0 radical (unpaired) electrons. The van der Waals surface area contributed by atoms with E-state index in [-0.39, 0.29) is 12.0 Å². The van der Waals surface area contributed by atoms with Gasteiger partial charge < -0.3 is 9.26 Å². The molecule has 7 heteroatoms. The second-order valence-electron chi connectivity index (χ2n) is 5.94. The third-order valence-electron chi connectivity index (χ3n) is 3.85. The highest BCUT2D eigenvalue weighted by molar-refractivity contribution is 7.09. The van der Waals surface area contributed by atoms with Crippen LogP contribution in [-0.4, -0.2) is 33.7 Å². The first-order chi connectivity index (χ1) is 10.7. The Kier molecular flexibility index (Phi) is 4.85. The van der Waals surface area contributed by atoms with Crippen LogP contribution in [0.3, 0.4) is 0 Å². The maximum absolute atomic E-state index is 5.36. The van der Waals surface area contributed by atoms with E-state index in [4.69, 9.17) is 9.26 Å². The van der Waals surface area contributed by atoms with Crippen molar-refractivity contribution in [2.45, 2.75) is 51.8 Å². The Hall–Kier alpha value is -1.31. The monoisotopic (exact) mass is 322 g/mol. The minimum atomic E-state index is 0.240. The van der Waals surface area contributed by atoms with Gasteiger partial charge in [-0.15, -0.1) is 11.3 Å². The van der Waals surface area contributed by atoms with Gasteiger partial charge in [-0.1, -0.05) is 19.0 Å². The van der Waals surface area contributed by atoms with Gasteiger partial charge in [-0.05, 0) is 19.4 Å². The molecule has 1 saturated heterocycles. The first-order valence-electron chi connectivity index (χ1n) is 7.67. The molecule has 1 atom stereocenters. The number of hydrogen-bond donors (Lipinski definition) is 0. The van der Waals surface area contributed by atoms with Gasteiger partial charge in [0.1, 0.15) is 5.01 Å². The molecule has 0 amide bonds. The first kappa shape index (κ1) is 15.6. The third kappa shape index (κ3) is 3.37. The molecule has 3 rings (SSSR count). The lowest BCUT2D eigenvalue weighted by molar-refractivity contribution is 0.184. The van der Waals surface area contributed by atoms with Crippen molar-refractivity contribution < 1.29 is 9.26 Å². The Morgan fingerprint density at radius 1 is 1.45 bits per heavy atom. The lowest BCUT2D eigenvalue weighted by Gasteiger charge is -2.20. The first-order valence-corrected chi connectivity index (χ1v) is 8.55. The fraction of sp³-hybridized carbons (Fsp3) is 0.667. The van der Waals surface area contributed by atoms with E-state index in [1.165, 1.54) is 0 Å². The van der Waals surface area contributed by atoms with Crippen molar-refractivity contribution in [2.75, 3.05) is 13.7 Å². The molecule has 1 fully saturated rings. The summed E-state index contributed by atoms with van der Waals surface area (Å²) in [6.07, 6.45) is 2.23. The van der Waals surface area contributed by atoms with Gasteiger partial charge in [-0.2, -0.15) is 4.98 Å². The molecule has 1 aliphatic heterocycles. The summed E-state index contributed by atoms with van der Waals surface area (Å²) in [6.45, 7) is 6.59. The molecule has 0 N–H and O–H groups in total. The fourth-order valence-corrected chi connectivity index (χ4v) is 3.50. The van der Waals surface area contributed by atoms with E-state index >= 15 is 0 Å². The molecular formula is C15H22N4O2S. The number of hydrogen-bond acceptors (Lipinski definition) is 7. The summed E-state index contributed by atoms with van der Waals surface area (Å²) in [6, 6.07) is 0.240. The summed E-state index contributed by atoms with van der Waals surface area (Å²) in [5.41, 5.74) is 1.09. The van der Waals surface area contributed by atoms with Crippen LogP contribution in [0.25, 0.3) is 0 Å². The lowest BCUT2D eigenvalue weighted by atomic mass is 10.2. The topological polar surface area (TPSA) is 64.3 Å². The zero-order chi connectivity index (χ0) is 15.5. The summed E-state index contributed by atoms with van der Waals surface area (Å²) in [5.74, 6) is 1.80. The average molecular weight is 322 g/mol. The maximum Gasteiger partial charge on any atom is 0.229 e. The van der Waals surface area contributed by atoms with Gasteiger partial charge in [0.2, 0.25) is 5.89 Å². The summed E-state index contributed by atoms with van der Waals surface area (Å²) < 4.78 is 10.5. The molecule has 3 heterocycles. The van der Waals surface area contributed by atoms with E-state index in [0.717, 1.165) is 48.3 Å². The molecule has 0 bridgehead atoms. The van der Waals surface area contributed by atoms with Crippen LogP contribution >= 0.6 is 11.3 Å². The van der Waals surface area contributed by atoms with Crippen LogP contribution in [0.5, 0.6) is 0 Å². The third-order valence-corrected chi connectivity index (χ3v) is 4.72. The number of nitrogens with zero attached hydrogens (tertiary/aromatic N) is 4. The van der Waals surface area contributed by atoms with Crippen LogP contribution in [0.4, 0.5) is 0 Å². The summed E-state index contributed by atoms with van der Waals surface area (Å²) >= 11 is 1.65. The molecule has 1 aliphatic rings. The van der Waals surface area contributed by atoms with Crippen molar-refractivity contribution in [2.24, 2.45) is 0 Å². The minimum Gasteiger partial charge on any atom is -0.378 e. The Morgan fingerprint density at radius 2 is 2.32 bits per heavy atom. The number of thiazole rings is 1. The molecule has 0 saturated carbocycles. The van der Waals surface area contributed by atoms with Crippen LogP contribution in [-0.2, 0) is 17.9 Å². The number of likely N-dealkylation sites (tertiary alicyclic amines) is 1. The van der Waals surface area contributed by atoms with Gasteiger partial charge in [-0.3, -0.25) is 4.90 Å². The molecule has 120 valence electrons. The number of rotatable bonds is 6. The zero-order valence-electron chi connectivity index (χ0n) is 13.3. The number of ether oxygens (including phenoxy) is 1. The molecular weight excluding hydrogens is 300 g/mol. The molecule has 22 heavy (non-hydrogen) atoms. The van der Waals surface area contributed by atoms with E-state index in [2.05, 4.69) is 39.3 Å². The van der Waals surface area contributed by atoms with Crippen molar-refractivity contribution in [3.8, 4) is 0 Å². The predicted molar refractivity (Wildman–Crippen MR) is 83.6 cm³/mol. The Labute approximate surface area is 134 Å². The largest absolute Gasteiger partial charge is 0.378 e. The SMILES string of the molecule is COCc1nc(CN2CCCC2c2noc(C(C)C)n2)cs1. The van der Waals surface area contributed by atoms with E-state index in [9.17, 15) is 0 Å². The average Bonchev–Trinajstić information content (AvgIpc) is 3.19.